The van der Waals surface area contributed by atoms with Crippen molar-refractivity contribution < 1.29 is 13.2 Å². The molecule has 1 aromatic heterocycles. The smallest absolute Gasteiger partial charge is 0.243 e. The average molecular weight is 405 g/mol. The molecule has 8 heteroatoms. The van der Waals surface area contributed by atoms with E-state index in [0.29, 0.717) is 42.8 Å². The number of nitrogens with zero attached hydrogens (tertiary/aromatic N) is 4. The summed E-state index contributed by atoms with van der Waals surface area (Å²) in [6.45, 7) is 6.75. The second-order valence-corrected chi connectivity index (χ2v) is 10.0. The molecule has 0 bridgehead atoms. The Morgan fingerprint density at radius 3 is 2.61 bits per heavy atom. The van der Waals surface area contributed by atoms with Gasteiger partial charge in [-0.05, 0) is 48.8 Å². The molecule has 0 amide bonds. The highest BCUT2D eigenvalue weighted by Gasteiger charge is 2.30. The number of rotatable bonds is 7. The minimum absolute atomic E-state index is 0.281. The van der Waals surface area contributed by atoms with Crippen molar-refractivity contribution in [1.29, 1.82) is 0 Å². The lowest BCUT2D eigenvalue weighted by Gasteiger charge is -2.20. The van der Waals surface area contributed by atoms with E-state index >= 15 is 0 Å². The Bertz CT molecular complexity index is 917. The molecular weight excluding hydrogens is 376 g/mol. The summed E-state index contributed by atoms with van der Waals surface area (Å²) in [4.78, 5) is 0.337. The van der Waals surface area contributed by atoms with Crippen molar-refractivity contribution in [3.05, 3.63) is 41.2 Å². The van der Waals surface area contributed by atoms with Gasteiger partial charge in [-0.25, -0.2) is 13.1 Å². The summed E-state index contributed by atoms with van der Waals surface area (Å²) >= 11 is 0. The Balaban J connectivity index is 1.53. The topological polar surface area (TPSA) is 77.3 Å². The van der Waals surface area contributed by atoms with Crippen molar-refractivity contribution in [2.75, 3.05) is 13.2 Å². The molecular formula is C20H28N4O3S. The van der Waals surface area contributed by atoms with E-state index in [1.165, 1.54) is 12.8 Å². The van der Waals surface area contributed by atoms with Crippen LogP contribution in [0, 0.1) is 5.92 Å². The van der Waals surface area contributed by atoms with Crippen molar-refractivity contribution in [2.24, 2.45) is 5.92 Å². The quantitative estimate of drug-likeness (QED) is 0.709. The van der Waals surface area contributed by atoms with Crippen LogP contribution in [0.15, 0.2) is 29.2 Å². The standard InChI is InChI=1S/C20H28N4O3S/c1-15(2)17-6-8-18(9-7-17)28(25,26)23-10-3-11-24-20(12-23)19(21-22-24)14-27-13-16-4-5-16/h6-9,15-16H,3-5,10-14H2,1-2H3. The highest BCUT2D eigenvalue weighted by atomic mass is 32.2. The number of aromatic nitrogens is 3. The number of aryl methyl sites for hydroxylation is 1. The maximum absolute atomic E-state index is 13.2. The van der Waals surface area contributed by atoms with Crippen molar-refractivity contribution in [3.63, 3.8) is 0 Å². The fourth-order valence-corrected chi connectivity index (χ4v) is 4.90. The predicted molar refractivity (Wildman–Crippen MR) is 105 cm³/mol. The monoisotopic (exact) mass is 404 g/mol. The van der Waals surface area contributed by atoms with Crippen LogP contribution < -0.4 is 0 Å². The number of hydrogen-bond acceptors (Lipinski definition) is 5. The molecule has 1 saturated carbocycles. The van der Waals surface area contributed by atoms with Crippen molar-refractivity contribution in [3.8, 4) is 0 Å². The fraction of sp³-hybridized carbons (Fsp3) is 0.600. The number of benzene rings is 1. The van der Waals surface area contributed by atoms with Crippen LogP contribution in [-0.2, 0) is 34.5 Å². The van der Waals surface area contributed by atoms with Gasteiger partial charge in [0.1, 0.15) is 5.69 Å². The van der Waals surface area contributed by atoms with Gasteiger partial charge in [-0.1, -0.05) is 31.2 Å². The second kappa shape index (κ2) is 7.93. The minimum Gasteiger partial charge on any atom is -0.375 e. The summed E-state index contributed by atoms with van der Waals surface area (Å²) in [5, 5.41) is 8.46. The molecule has 7 nitrogen and oxygen atoms in total. The third-order valence-electron chi connectivity index (χ3n) is 5.50. The van der Waals surface area contributed by atoms with E-state index in [9.17, 15) is 8.42 Å². The number of sulfonamides is 1. The Labute approximate surface area is 166 Å². The summed E-state index contributed by atoms with van der Waals surface area (Å²) in [5.41, 5.74) is 2.72. The summed E-state index contributed by atoms with van der Waals surface area (Å²) in [5.74, 6) is 1.05. The van der Waals surface area contributed by atoms with Crippen LogP contribution in [0.1, 0.15) is 56.0 Å². The lowest BCUT2D eigenvalue weighted by atomic mass is 10.0. The molecule has 1 aromatic carbocycles. The molecule has 0 unspecified atom stereocenters. The van der Waals surface area contributed by atoms with Crippen molar-refractivity contribution >= 4 is 10.0 Å². The zero-order valence-corrected chi connectivity index (χ0v) is 17.4. The Kier molecular flexibility index (Phi) is 5.53. The third-order valence-corrected chi connectivity index (χ3v) is 7.35. The summed E-state index contributed by atoms with van der Waals surface area (Å²) in [6, 6.07) is 7.23. The molecule has 28 heavy (non-hydrogen) atoms. The van der Waals surface area contributed by atoms with E-state index in [1.807, 2.05) is 16.8 Å². The van der Waals surface area contributed by atoms with Crippen LogP contribution in [0.2, 0.25) is 0 Å². The first kappa shape index (κ1) is 19.5. The fourth-order valence-electron chi connectivity index (χ4n) is 3.46. The largest absolute Gasteiger partial charge is 0.375 e. The zero-order chi connectivity index (χ0) is 19.7. The number of hydrogen-bond donors (Lipinski definition) is 0. The molecule has 4 rings (SSSR count). The van der Waals surface area contributed by atoms with Crippen molar-refractivity contribution in [1.82, 2.24) is 19.3 Å². The predicted octanol–water partition coefficient (Wildman–Crippen LogP) is 2.92. The van der Waals surface area contributed by atoms with Crippen LogP contribution >= 0.6 is 0 Å². The van der Waals surface area contributed by atoms with Gasteiger partial charge < -0.3 is 4.74 Å². The van der Waals surface area contributed by atoms with Gasteiger partial charge in [-0.3, -0.25) is 0 Å². The molecule has 2 heterocycles. The molecule has 2 aliphatic rings. The van der Waals surface area contributed by atoms with Crippen LogP contribution in [0.5, 0.6) is 0 Å². The molecule has 0 radical (unpaired) electrons. The van der Waals surface area contributed by atoms with Gasteiger partial charge in [0.2, 0.25) is 10.0 Å². The lowest BCUT2D eigenvalue weighted by molar-refractivity contribution is 0.108. The zero-order valence-electron chi connectivity index (χ0n) is 16.5. The Morgan fingerprint density at radius 1 is 1.18 bits per heavy atom. The van der Waals surface area contributed by atoms with E-state index in [0.717, 1.165) is 23.6 Å². The van der Waals surface area contributed by atoms with E-state index < -0.39 is 10.0 Å². The summed E-state index contributed by atoms with van der Waals surface area (Å²) in [7, 11) is -3.57. The lowest BCUT2D eigenvalue weighted by Crippen LogP contribution is -2.31. The van der Waals surface area contributed by atoms with Crippen LogP contribution in [0.3, 0.4) is 0 Å². The van der Waals surface area contributed by atoms with Gasteiger partial charge in [-0.15, -0.1) is 5.10 Å². The van der Waals surface area contributed by atoms with Gasteiger partial charge in [0, 0.05) is 19.7 Å². The highest BCUT2D eigenvalue weighted by molar-refractivity contribution is 7.89. The SMILES string of the molecule is CC(C)c1ccc(S(=O)(=O)N2CCCn3nnc(COCC4CC4)c3C2)cc1. The molecule has 2 aromatic rings. The maximum atomic E-state index is 13.2. The molecule has 1 aliphatic carbocycles. The Morgan fingerprint density at radius 2 is 1.93 bits per heavy atom. The molecule has 0 saturated heterocycles. The van der Waals surface area contributed by atoms with E-state index in [4.69, 9.17) is 4.74 Å². The summed E-state index contributed by atoms with van der Waals surface area (Å²) in [6.07, 6.45) is 3.18. The van der Waals surface area contributed by atoms with Crippen LogP contribution in [-0.4, -0.2) is 40.9 Å². The van der Waals surface area contributed by atoms with Gasteiger partial charge in [-0.2, -0.15) is 4.31 Å². The number of fused-ring (bicyclic) bond motifs is 1. The first-order chi connectivity index (χ1) is 13.4. The first-order valence-electron chi connectivity index (χ1n) is 10.0. The van der Waals surface area contributed by atoms with Gasteiger partial charge in [0.15, 0.2) is 0 Å². The normalized spacial score (nSPS) is 18.2. The molecule has 0 spiro atoms. The van der Waals surface area contributed by atoms with Gasteiger partial charge in [0.25, 0.3) is 0 Å². The highest BCUT2D eigenvalue weighted by Crippen LogP contribution is 2.29. The second-order valence-electron chi connectivity index (χ2n) is 8.08. The van der Waals surface area contributed by atoms with Crippen LogP contribution in [0.25, 0.3) is 0 Å². The molecule has 0 atom stereocenters. The van der Waals surface area contributed by atoms with Gasteiger partial charge >= 0.3 is 0 Å². The summed E-state index contributed by atoms with van der Waals surface area (Å²) < 4.78 is 35.6. The minimum atomic E-state index is -3.57. The molecule has 1 aliphatic heterocycles. The first-order valence-corrected chi connectivity index (χ1v) is 11.5. The Hall–Kier alpha value is -1.77. The van der Waals surface area contributed by atoms with Gasteiger partial charge in [0.05, 0.1) is 23.7 Å². The van der Waals surface area contributed by atoms with Crippen molar-refractivity contribution in [2.45, 2.75) is 63.6 Å². The average Bonchev–Trinajstić information content (AvgIpc) is 3.46. The van der Waals surface area contributed by atoms with E-state index in [2.05, 4.69) is 24.2 Å². The van der Waals surface area contributed by atoms with E-state index in [-0.39, 0.29) is 6.54 Å². The third kappa shape index (κ3) is 4.14. The van der Waals surface area contributed by atoms with E-state index in [1.54, 1.807) is 16.4 Å². The molecule has 1 fully saturated rings. The number of ether oxygens (including phenoxy) is 1. The van der Waals surface area contributed by atoms with Crippen LogP contribution in [0.4, 0.5) is 0 Å². The maximum Gasteiger partial charge on any atom is 0.243 e. The molecule has 152 valence electrons. The molecule has 0 N–H and O–H groups in total.